The number of esters is 1. The minimum atomic E-state index is -0.203. The van der Waals surface area contributed by atoms with Crippen LogP contribution >= 0.6 is 0 Å². The van der Waals surface area contributed by atoms with Crippen LogP contribution in [0.4, 0.5) is 0 Å². The number of allylic oxidation sites excluding steroid dienone is 5. The standard InChI is InChI=1S/C18H30O2/c1-15(2)9-6-10-16(3)11-7-12-17(4)13-8-14-20-18(5)19/h9,11,13H,6-8,10,12,14H2,1-5H3/b16-11+,17-13-. The normalized spacial score (nSPS) is 12.2. The van der Waals surface area contributed by atoms with Crippen LogP contribution < -0.4 is 0 Å². The molecular formula is C18H30O2. The van der Waals surface area contributed by atoms with Gasteiger partial charge in [0.15, 0.2) is 0 Å². The number of ether oxygens (including phenoxy) is 1. The molecule has 0 N–H and O–H groups in total. The van der Waals surface area contributed by atoms with Crippen LogP contribution in [0.5, 0.6) is 0 Å². The maximum absolute atomic E-state index is 10.6. The molecule has 0 aromatic carbocycles. The first kappa shape index (κ1) is 18.7. The van der Waals surface area contributed by atoms with Crippen molar-refractivity contribution in [2.24, 2.45) is 0 Å². The quantitative estimate of drug-likeness (QED) is 0.322. The molecule has 114 valence electrons. The van der Waals surface area contributed by atoms with Gasteiger partial charge in [0.05, 0.1) is 6.61 Å². The lowest BCUT2D eigenvalue weighted by Gasteiger charge is -2.02. The van der Waals surface area contributed by atoms with Gasteiger partial charge in [-0.15, -0.1) is 0 Å². The van der Waals surface area contributed by atoms with Gasteiger partial charge in [-0.3, -0.25) is 4.79 Å². The number of rotatable bonds is 9. The van der Waals surface area contributed by atoms with E-state index in [9.17, 15) is 4.79 Å². The third-order valence-electron chi connectivity index (χ3n) is 3.04. The zero-order valence-electron chi connectivity index (χ0n) is 13.8. The van der Waals surface area contributed by atoms with Crippen LogP contribution in [0, 0.1) is 0 Å². The van der Waals surface area contributed by atoms with Crippen molar-refractivity contribution in [3.05, 3.63) is 34.9 Å². The summed E-state index contributed by atoms with van der Waals surface area (Å²) in [6.07, 6.45) is 12.1. The molecule has 20 heavy (non-hydrogen) atoms. The molecule has 0 saturated heterocycles. The van der Waals surface area contributed by atoms with Crippen molar-refractivity contribution in [2.75, 3.05) is 6.61 Å². The van der Waals surface area contributed by atoms with E-state index in [4.69, 9.17) is 4.74 Å². The fraction of sp³-hybridized carbons (Fsp3) is 0.611. The summed E-state index contributed by atoms with van der Waals surface area (Å²) >= 11 is 0. The van der Waals surface area contributed by atoms with E-state index in [0.717, 1.165) is 32.1 Å². The highest BCUT2D eigenvalue weighted by atomic mass is 16.5. The van der Waals surface area contributed by atoms with Gasteiger partial charge < -0.3 is 4.74 Å². The van der Waals surface area contributed by atoms with Gasteiger partial charge in [-0.2, -0.15) is 0 Å². The molecular weight excluding hydrogens is 248 g/mol. The Morgan fingerprint density at radius 2 is 1.30 bits per heavy atom. The predicted molar refractivity (Wildman–Crippen MR) is 86.7 cm³/mol. The van der Waals surface area contributed by atoms with Crippen LogP contribution in [0.2, 0.25) is 0 Å². The maximum atomic E-state index is 10.6. The molecule has 0 unspecified atom stereocenters. The summed E-state index contributed by atoms with van der Waals surface area (Å²) in [5.74, 6) is -0.203. The molecule has 0 aliphatic carbocycles. The zero-order valence-corrected chi connectivity index (χ0v) is 13.8. The Balaban J connectivity index is 3.82. The topological polar surface area (TPSA) is 26.3 Å². The molecule has 0 aromatic heterocycles. The Hall–Kier alpha value is -1.31. The summed E-state index contributed by atoms with van der Waals surface area (Å²) in [6.45, 7) is 10.6. The van der Waals surface area contributed by atoms with Gasteiger partial charge in [0, 0.05) is 6.92 Å². The molecule has 0 aromatic rings. The summed E-state index contributed by atoms with van der Waals surface area (Å²) in [5.41, 5.74) is 4.23. The van der Waals surface area contributed by atoms with Crippen LogP contribution in [0.3, 0.4) is 0 Å². The van der Waals surface area contributed by atoms with Crippen LogP contribution in [-0.4, -0.2) is 12.6 Å². The van der Waals surface area contributed by atoms with E-state index in [1.54, 1.807) is 0 Å². The monoisotopic (exact) mass is 278 g/mol. The predicted octanol–water partition coefficient (Wildman–Crippen LogP) is 5.36. The minimum Gasteiger partial charge on any atom is -0.466 e. The molecule has 0 spiro atoms. The van der Waals surface area contributed by atoms with E-state index in [1.807, 2.05) is 0 Å². The molecule has 0 bridgehead atoms. The molecule has 0 rings (SSSR count). The number of hydrogen-bond donors (Lipinski definition) is 0. The number of hydrogen-bond acceptors (Lipinski definition) is 2. The SMILES string of the molecule is CC(=O)OCC/C=C(/C)CC/C=C(\C)CCC=C(C)C. The lowest BCUT2D eigenvalue weighted by atomic mass is 10.1. The molecule has 0 fully saturated rings. The van der Waals surface area contributed by atoms with Crippen molar-refractivity contribution < 1.29 is 9.53 Å². The fourth-order valence-corrected chi connectivity index (χ4v) is 1.85. The summed E-state index contributed by atoms with van der Waals surface area (Å²) in [4.78, 5) is 10.6. The zero-order chi connectivity index (χ0) is 15.4. The summed E-state index contributed by atoms with van der Waals surface area (Å²) in [6, 6.07) is 0. The Morgan fingerprint density at radius 1 is 0.800 bits per heavy atom. The lowest BCUT2D eigenvalue weighted by molar-refractivity contribution is -0.140. The Morgan fingerprint density at radius 3 is 1.80 bits per heavy atom. The Labute approximate surface area is 124 Å². The van der Waals surface area contributed by atoms with Gasteiger partial charge in [0.25, 0.3) is 0 Å². The molecule has 0 atom stereocenters. The average Bonchev–Trinajstić information content (AvgIpc) is 2.34. The van der Waals surface area contributed by atoms with Gasteiger partial charge in [-0.25, -0.2) is 0 Å². The third-order valence-corrected chi connectivity index (χ3v) is 3.04. The van der Waals surface area contributed by atoms with Gasteiger partial charge in [0.1, 0.15) is 0 Å². The smallest absolute Gasteiger partial charge is 0.302 e. The first-order chi connectivity index (χ1) is 9.41. The Bertz CT molecular complexity index is 369. The van der Waals surface area contributed by atoms with Crippen molar-refractivity contribution >= 4 is 5.97 Å². The van der Waals surface area contributed by atoms with E-state index in [-0.39, 0.29) is 5.97 Å². The van der Waals surface area contributed by atoms with Gasteiger partial charge >= 0.3 is 5.97 Å². The van der Waals surface area contributed by atoms with Crippen molar-refractivity contribution in [3.63, 3.8) is 0 Å². The highest BCUT2D eigenvalue weighted by Gasteiger charge is 1.93. The molecule has 2 heteroatoms. The van der Waals surface area contributed by atoms with Crippen molar-refractivity contribution in [1.82, 2.24) is 0 Å². The highest BCUT2D eigenvalue weighted by Crippen LogP contribution is 2.11. The molecule has 0 radical (unpaired) electrons. The fourth-order valence-electron chi connectivity index (χ4n) is 1.85. The van der Waals surface area contributed by atoms with E-state index in [0.29, 0.717) is 6.61 Å². The second-order valence-electron chi connectivity index (χ2n) is 5.59. The largest absolute Gasteiger partial charge is 0.466 e. The second kappa shape index (κ2) is 11.5. The number of carbonyl (C=O) groups excluding carboxylic acids is 1. The Kier molecular flexibility index (Phi) is 10.8. The van der Waals surface area contributed by atoms with Crippen LogP contribution in [-0.2, 0) is 9.53 Å². The second-order valence-corrected chi connectivity index (χ2v) is 5.59. The van der Waals surface area contributed by atoms with Crippen molar-refractivity contribution in [2.45, 2.75) is 66.7 Å². The molecule has 0 aliphatic rings. The van der Waals surface area contributed by atoms with Crippen LogP contribution in [0.15, 0.2) is 34.9 Å². The van der Waals surface area contributed by atoms with Gasteiger partial charge in [-0.05, 0) is 59.8 Å². The molecule has 0 heterocycles. The lowest BCUT2D eigenvalue weighted by Crippen LogP contribution is -1.99. The van der Waals surface area contributed by atoms with E-state index in [2.05, 4.69) is 45.9 Å². The van der Waals surface area contributed by atoms with E-state index < -0.39 is 0 Å². The van der Waals surface area contributed by atoms with Crippen LogP contribution in [0.1, 0.15) is 66.7 Å². The first-order valence-corrected chi connectivity index (χ1v) is 7.49. The molecule has 0 amide bonds. The summed E-state index contributed by atoms with van der Waals surface area (Å²) < 4.78 is 4.90. The third kappa shape index (κ3) is 13.1. The van der Waals surface area contributed by atoms with E-state index in [1.165, 1.54) is 23.6 Å². The van der Waals surface area contributed by atoms with Crippen molar-refractivity contribution in [3.8, 4) is 0 Å². The number of carbonyl (C=O) groups is 1. The maximum Gasteiger partial charge on any atom is 0.302 e. The average molecular weight is 278 g/mol. The summed E-state index contributed by atoms with van der Waals surface area (Å²) in [7, 11) is 0. The van der Waals surface area contributed by atoms with Crippen LogP contribution in [0.25, 0.3) is 0 Å². The van der Waals surface area contributed by atoms with Gasteiger partial charge in [-0.1, -0.05) is 34.9 Å². The van der Waals surface area contributed by atoms with E-state index >= 15 is 0 Å². The van der Waals surface area contributed by atoms with Gasteiger partial charge in [0.2, 0.25) is 0 Å². The molecule has 2 nitrogen and oxygen atoms in total. The van der Waals surface area contributed by atoms with Crippen molar-refractivity contribution in [1.29, 1.82) is 0 Å². The highest BCUT2D eigenvalue weighted by molar-refractivity contribution is 5.65. The summed E-state index contributed by atoms with van der Waals surface area (Å²) in [5, 5.41) is 0. The first-order valence-electron chi connectivity index (χ1n) is 7.49. The minimum absolute atomic E-state index is 0.203. The molecule has 0 saturated carbocycles. The molecule has 0 aliphatic heterocycles.